The van der Waals surface area contributed by atoms with Gasteiger partial charge in [-0.1, -0.05) is 48.6 Å². The molecule has 0 fully saturated rings. The van der Waals surface area contributed by atoms with E-state index in [0.717, 1.165) is 30.0 Å². The average molecular weight is 338 g/mol. The zero-order chi connectivity index (χ0) is 17.6. The summed E-state index contributed by atoms with van der Waals surface area (Å²) in [6, 6.07) is 12.0. The van der Waals surface area contributed by atoms with Crippen LogP contribution >= 0.6 is 0 Å². The Kier molecular flexibility index (Phi) is 5.33. The summed E-state index contributed by atoms with van der Waals surface area (Å²) in [6.07, 6.45) is 7.46. The van der Waals surface area contributed by atoms with Crippen molar-refractivity contribution < 1.29 is 14.7 Å². The van der Waals surface area contributed by atoms with Gasteiger partial charge in [-0.2, -0.15) is 0 Å². The van der Waals surface area contributed by atoms with Crippen LogP contribution in [0.4, 0.5) is 10.5 Å². The number of benzene rings is 2. The number of rotatable bonds is 5. The molecule has 130 valence electrons. The maximum atomic E-state index is 12.3. The van der Waals surface area contributed by atoms with E-state index in [9.17, 15) is 14.7 Å². The fourth-order valence-electron chi connectivity index (χ4n) is 3.28. The van der Waals surface area contributed by atoms with Crippen LogP contribution in [-0.2, 0) is 4.79 Å². The fourth-order valence-corrected chi connectivity index (χ4v) is 3.28. The summed E-state index contributed by atoms with van der Waals surface area (Å²) in [6.45, 7) is 0. The molecule has 0 aliphatic heterocycles. The number of nitrogens with one attached hydrogen (secondary N) is 2. The van der Waals surface area contributed by atoms with Crippen molar-refractivity contribution in [2.75, 3.05) is 5.32 Å². The SMILES string of the molecule is O=C(Nc1cccc2ccccc12)NC(CC1CC=CCC1)C(=O)O. The lowest BCUT2D eigenvalue weighted by molar-refractivity contribution is -0.139. The van der Waals surface area contributed by atoms with E-state index in [4.69, 9.17) is 0 Å². The van der Waals surface area contributed by atoms with Gasteiger partial charge in [0.1, 0.15) is 6.04 Å². The highest BCUT2D eigenvalue weighted by molar-refractivity contribution is 6.02. The number of carbonyl (C=O) groups excluding carboxylic acids is 1. The van der Waals surface area contributed by atoms with Gasteiger partial charge in [0.2, 0.25) is 0 Å². The van der Waals surface area contributed by atoms with Crippen molar-refractivity contribution in [3.05, 3.63) is 54.6 Å². The van der Waals surface area contributed by atoms with E-state index in [1.165, 1.54) is 0 Å². The Bertz CT molecular complexity index is 795. The van der Waals surface area contributed by atoms with Gasteiger partial charge in [0, 0.05) is 5.39 Å². The first-order valence-corrected chi connectivity index (χ1v) is 8.56. The van der Waals surface area contributed by atoms with Crippen LogP contribution in [0.3, 0.4) is 0 Å². The Morgan fingerprint density at radius 1 is 1.12 bits per heavy atom. The lowest BCUT2D eigenvalue weighted by Gasteiger charge is -2.22. The lowest BCUT2D eigenvalue weighted by atomic mass is 9.88. The summed E-state index contributed by atoms with van der Waals surface area (Å²) < 4.78 is 0. The lowest BCUT2D eigenvalue weighted by Crippen LogP contribution is -2.44. The van der Waals surface area contributed by atoms with E-state index in [1.807, 2.05) is 42.5 Å². The maximum absolute atomic E-state index is 12.3. The molecule has 0 aromatic heterocycles. The second-order valence-corrected chi connectivity index (χ2v) is 6.40. The molecular weight excluding hydrogens is 316 g/mol. The molecule has 1 aliphatic rings. The summed E-state index contributed by atoms with van der Waals surface area (Å²) in [4.78, 5) is 23.8. The van der Waals surface area contributed by atoms with Gasteiger partial charge in [0.15, 0.2) is 0 Å². The molecule has 0 heterocycles. The molecule has 3 rings (SSSR count). The van der Waals surface area contributed by atoms with E-state index < -0.39 is 18.0 Å². The second kappa shape index (κ2) is 7.83. The minimum absolute atomic E-state index is 0.295. The number of urea groups is 1. The summed E-state index contributed by atoms with van der Waals surface area (Å²) in [5, 5.41) is 16.8. The molecule has 0 saturated heterocycles. The molecule has 0 spiro atoms. The van der Waals surface area contributed by atoms with Gasteiger partial charge in [0.05, 0.1) is 5.69 Å². The predicted molar refractivity (Wildman–Crippen MR) is 98.6 cm³/mol. The normalized spacial score (nSPS) is 17.8. The van der Waals surface area contributed by atoms with Crippen molar-refractivity contribution in [1.82, 2.24) is 5.32 Å². The topological polar surface area (TPSA) is 78.4 Å². The third-order valence-electron chi connectivity index (χ3n) is 4.59. The van der Waals surface area contributed by atoms with Gasteiger partial charge in [-0.25, -0.2) is 9.59 Å². The molecule has 0 saturated carbocycles. The highest BCUT2D eigenvalue weighted by Gasteiger charge is 2.24. The molecule has 2 aromatic carbocycles. The second-order valence-electron chi connectivity index (χ2n) is 6.40. The number of hydrogen-bond donors (Lipinski definition) is 3. The van der Waals surface area contributed by atoms with Crippen molar-refractivity contribution in [3.8, 4) is 0 Å². The molecule has 5 heteroatoms. The quantitative estimate of drug-likeness (QED) is 0.716. The van der Waals surface area contributed by atoms with Crippen LogP contribution in [0.5, 0.6) is 0 Å². The first-order chi connectivity index (χ1) is 12.1. The van der Waals surface area contributed by atoms with Crippen LogP contribution in [0.25, 0.3) is 10.8 Å². The van der Waals surface area contributed by atoms with E-state index in [0.29, 0.717) is 18.0 Å². The third-order valence-corrected chi connectivity index (χ3v) is 4.59. The molecule has 1 aliphatic carbocycles. The van der Waals surface area contributed by atoms with Crippen molar-refractivity contribution in [1.29, 1.82) is 0 Å². The highest BCUT2D eigenvalue weighted by atomic mass is 16.4. The van der Waals surface area contributed by atoms with Crippen LogP contribution < -0.4 is 10.6 Å². The van der Waals surface area contributed by atoms with Crippen LogP contribution in [-0.4, -0.2) is 23.1 Å². The number of carboxylic acids is 1. The standard InChI is InChI=1S/C20H22N2O3/c23-19(24)18(13-14-7-2-1-3-8-14)22-20(25)21-17-12-6-10-15-9-4-5-11-16(15)17/h1-2,4-6,9-12,14,18H,3,7-8,13H2,(H,23,24)(H2,21,22,25). The molecule has 2 amide bonds. The van der Waals surface area contributed by atoms with Crippen LogP contribution in [0.15, 0.2) is 54.6 Å². The minimum atomic E-state index is -0.998. The van der Waals surface area contributed by atoms with Gasteiger partial charge in [0.25, 0.3) is 0 Å². The Morgan fingerprint density at radius 3 is 2.68 bits per heavy atom. The monoisotopic (exact) mass is 338 g/mol. The average Bonchev–Trinajstić information content (AvgIpc) is 2.62. The maximum Gasteiger partial charge on any atom is 0.326 e. The van der Waals surface area contributed by atoms with Gasteiger partial charge in [-0.15, -0.1) is 0 Å². The van der Waals surface area contributed by atoms with Crippen LogP contribution in [0.1, 0.15) is 25.7 Å². The van der Waals surface area contributed by atoms with Crippen LogP contribution in [0, 0.1) is 5.92 Å². The van der Waals surface area contributed by atoms with Gasteiger partial charge in [-0.3, -0.25) is 0 Å². The largest absolute Gasteiger partial charge is 0.480 e. The number of anilines is 1. The van der Waals surface area contributed by atoms with Gasteiger partial charge < -0.3 is 15.7 Å². The molecule has 3 N–H and O–H groups in total. The Labute approximate surface area is 146 Å². The molecule has 2 aromatic rings. The predicted octanol–water partition coefficient (Wildman–Crippen LogP) is 4.16. The number of amides is 2. The summed E-state index contributed by atoms with van der Waals surface area (Å²) in [5.41, 5.74) is 0.667. The number of carboxylic acid groups (broad SMARTS) is 1. The third kappa shape index (κ3) is 4.38. The smallest absolute Gasteiger partial charge is 0.326 e. The highest BCUT2D eigenvalue weighted by Crippen LogP contribution is 2.24. The number of hydrogen-bond acceptors (Lipinski definition) is 2. The van der Waals surface area contributed by atoms with Crippen molar-refractivity contribution in [2.45, 2.75) is 31.7 Å². The Balaban J connectivity index is 1.66. The molecule has 0 radical (unpaired) electrons. The first-order valence-electron chi connectivity index (χ1n) is 8.56. The minimum Gasteiger partial charge on any atom is -0.480 e. The molecule has 25 heavy (non-hydrogen) atoms. The molecule has 2 unspecified atom stereocenters. The van der Waals surface area contributed by atoms with Gasteiger partial charge >= 0.3 is 12.0 Å². The number of fused-ring (bicyclic) bond motifs is 1. The summed E-state index contributed by atoms with van der Waals surface area (Å²) >= 11 is 0. The molecule has 2 atom stereocenters. The van der Waals surface area contributed by atoms with Crippen LogP contribution in [0.2, 0.25) is 0 Å². The fraction of sp³-hybridized carbons (Fsp3) is 0.300. The van der Waals surface area contributed by atoms with E-state index in [2.05, 4.69) is 22.8 Å². The van der Waals surface area contributed by atoms with E-state index in [1.54, 1.807) is 0 Å². The zero-order valence-corrected chi connectivity index (χ0v) is 13.9. The van der Waals surface area contributed by atoms with E-state index >= 15 is 0 Å². The number of allylic oxidation sites excluding steroid dienone is 2. The van der Waals surface area contributed by atoms with Gasteiger partial charge in [-0.05, 0) is 43.1 Å². The van der Waals surface area contributed by atoms with Crippen molar-refractivity contribution in [2.24, 2.45) is 5.92 Å². The Morgan fingerprint density at radius 2 is 1.92 bits per heavy atom. The first kappa shape index (κ1) is 17.0. The summed E-state index contributed by atoms with van der Waals surface area (Å²) in [5.74, 6) is -0.702. The number of carbonyl (C=O) groups is 2. The van der Waals surface area contributed by atoms with Crippen molar-refractivity contribution in [3.63, 3.8) is 0 Å². The van der Waals surface area contributed by atoms with E-state index in [-0.39, 0.29) is 0 Å². The number of aliphatic carboxylic acids is 1. The van der Waals surface area contributed by atoms with Crippen molar-refractivity contribution >= 4 is 28.5 Å². The Hall–Kier alpha value is -2.82. The summed E-state index contributed by atoms with van der Waals surface area (Å²) in [7, 11) is 0. The molecular formula is C20H22N2O3. The molecule has 5 nitrogen and oxygen atoms in total. The molecule has 0 bridgehead atoms. The zero-order valence-electron chi connectivity index (χ0n) is 13.9.